The van der Waals surface area contributed by atoms with Gasteiger partial charge in [0.2, 0.25) is 0 Å². The van der Waals surface area contributed by atoms with Crippen molar-refractivity contribution in [3.63, 3.8) is 0 Å². The molecule has 1 aromatic carbocycles. The van der Waals surface area contributed by atoms with E-state index in [9.17, 15) is 8.42 Å². The Kier molecular flexibility index (Phi) is 3.99. The minimum absolute atomic E-state index is 0.00936. The number of nitrogens with zero attached hydrogens (tertiary/aromatic N) is 3. The van der Waals surface area contributed by atoms with E-state index in [1.165, 1.54) is 12.3 Å². The van der Waals surface area contributed by atoms with Crippen molar-refractivity contribution in [2.24, 2.45) is 0 Å². The van der Waals surface area contributed by atoms with E-state index < -0.39 is 10.0 Å². The third-order valence-corrected chi connectivity index (χ3v) is 4.46. The Balaban J connectivity index is 1.83. The molecule has 0 aliphatic heterocycles. The molecular formula is C15H14N4O2S. The molecule has 0 atom stereocenters. The van der Waals surface area contributed by atoms with Crippen molar-refractivity contribution >= 4 is 10.0 Å². The lowest BCUT2D eigenvalue weighted by Gasteiger charge is -2.11. The number of imidazole rings is 1. The molecule has 0 radical (unpaired) electrons. The monoisotopic (exact) mass is 314 g/mol. The normalized spacial score (nSPS) is 11.5. The van der Waals surface area contributed by atoms with E-state index in [0.717, 1.165) is 11.3 Å². The van der Waals surface area contributed by atoms with Crippen molar-refractivity contribution in [3.05, 3.63) is 72.9 Å². The predicted molar refractivity (Wildman–Crippen MR) is 81.8 cm³/mol. The van der Waals surface area contributed by atoms with Crippen LogP contribution in [0.25, 0.3) is 5.69 Å². The fourth-order valence-electron chi connectivity index (χ4n) is 2.07. The number of nitrogens with one attached hydrogen (secondary N) is 1. The number of para-hydroxylation sites is 1. The van der Waals surface area contributed by atoms with Crippen LogP contribution in [-0.4, -0.2) is 23.0 Å². The highest BCUT2D eigenvalue weighted by Crippen LogP contribution is 2.15. The Morgan fingerprint density at radius 2 is 1.86 bits per heavy atom. The molecule has 0 unspecified atom stereocenters. The van der Waals surface area contributed by atoms with Gasteiger partial charge in [-0.15, -0.1) is 0 Å². The van der Waals surface area contributed by atoms with E-state index in [1.807, 2.05) is 35.0 Å². The third-order valence-electron chi connectivity index (χ3n) is 3.14. The summed E-state index contributed by atoms with van der Waals surface area (Å²) in [6, 6.07) is 12.3. The number of hydrogen-bond acceptors (Lipinski definition) is 4. The number of hydrogen-bond donors (Lipinski definition) is 1. The molecule has 0 fully saturated rings. The van der Waals surface area contributed by atoms with Crippen LogP contribution < -0.4 is 4.72 Å². The highest BCUT2D eigenvalue weighted by atomic mass is 32.2. The van der Waals surface area contributed by atoms with Crippen LogP contribution >= 0.6 is 0 Å². The highest BCUT2D eigenvalue weighted by molar-refractivity contribution is 7.89. The molecule has 0 spiro atoms. The van der Waals surface area contributed by atoms with Crippen molar-refractivity contribution in [2.75, 3.05) is 0 Å². The van der Waals surface area contributed by atoms with E-state index in [1.54, 1.807) is 24.7 Å². The van der Waals surface area contributed by atoms with Gasteiger partial charge in [-0.1, -0.05) is 24.3 Å². The minimum atomic E-state index is -3.63. The van der Waals surface area contributed by atoms with Gasteiger partial charge in [0, 0.05) is 25.1 Å². The Morgan fingerprint density at radius 1 is 1.05 bits per heavy atom. The van der Waals surface area contributed by atoms with E-state index in [0.29, 0.717) is 0 Å². The SMILES string of the molecule is O=S(=O)(NCc1ccccc1-n1ccnc1)c1ccccn1. The van der Waals surface area contributed by atoms with Crippen LogP contribution in [0.1, 0.15) is 5.56 Å². The second-order valence-electron chi connectivity index (χ2n) is 4.59. The Bertz CT molecular complexity index is 846. The third kappa shape index (κ3) is 3.05. The number of pyridine rings is 1. The van der Waals surface area contributed by atoms with Crippen molar-refractivity contribution < 1.29 is 8.42 Å². The van der Waals surface area contributed by atoms with Gasteiger partial charge in [0.1, 0.15) is 0 Å². The molecule has 1 N–H and O–H groups in total. The first-order valence-corrected chi connectivity index (χ1v) is 8.12. The summed E-state index contributed by atoms with van der Waals surface area (Å²) >= 11 is 0. The summed E-state index contributed by atoms with van der Waals surface area (Å²) < 4.78 is 28.8. The van der Waals surface area contributed by atoms with Crippen LogP contribution in [-0.2, 0) is 16.6 Å². The van der Waals surface area contributed by atoms with Crippen molar-refractivity contribution in [1.29, 1.82) is 0 Å². The molecule has 0 aliphatic carbocycles. The quantitative estimate of drug-likeness (QED) is 0.778. The minimum Gasteiger partial charge on any atom is -0.306 e. The van der Waals surface area contributed by atoms with Gasteiger partial charge in [-0.25, -0.2) is 23.1 Å². The van der Waals surface area contributed by atoms with Gasteiger partial charge in [-0.3, -0.25) is 0 Å². The van der Waals surface area contributed by atoms with Crippen LogP contribution in [0, 0.1) is 0 Å². The highest BCUT2D eigenvalue weighted by Gasteiger charge is 2.15. The summed E-state index contributed by atoms with van der Waals surface area (Å²) in [4.78, 5) is 7.88. The Hall–Kier alpha value is -2.51. The average Bonchev–Trinajstić information content (AvgIpc) is 3.08. The number of rotatable bonds is 5. The van der Waals surface area contributed by atoms with Crippen molar-refractivity contribution in [3.8, 4) is 5.69 Å². The molecule has 0 saturated heterocycles. The summed E-state index contributed by atoms with van der Waals surface area (Å²) in [5.74, 6) is 0. The average molecular weight is 314 g/mol. The first-order valence-electron chi connectivity index (χ1n) is 6.64. The predicted octanol–water partition coefficient (Wildman–Crippen LogP) is 1.75. The molecular weight excluding hydrogens is 300 g/mol. The zero-order chi connectivity index (χ0) is 15.4. The Labute approximate surface area is 128 Å². The standard InChI is InChI=1S/C15H14N4O2S/c20-22(21,15-7-3-4-8-17-15)18-11-13-5-1-2-6-14(13)19-10-9-16-12-19/h1-10,12,18H,11H2. The lowest BCUT2D eigenvalue weighted by Crippen LogP contribution is -2.24. The maximum atomic E-state index is 12.2. The lowest BCUT2D eigenvalue weighted by molar-refractivity contribution is 0.577. The molecule has 2 aromatic heterocycles. The largest absolute Gasteiger partial charge is 0.306 e. The molecule has 2 heterocycles. The number of benzene rings is 1. The van der Waals surface area contributed by atoms with Gasteiger partial charge < -0.3 is 4.57 Å². The van der Waals surface area contributed by atoms with Gasteiger partial charge in [-0.2, -0.15) is 0 Å². The van der Waals surface area contributed by atoms with Crippen molar-refractivity contribution in [1.82, 2.24) is 19.3 Å². The second kappa shape index (κ2) is 6.08. The van der Waals surface area contributed by atoms with Crippen LogP contribution in [0.2, 0.25) is 0 Å². The van der Waals surface area contributed by atoms with Gasteiger partial charge >= 0.3 is 0 Å². The molecule has 3 aromatic rings. The van der Waals surface area contributed by atoms with Gasteiger partial charge in [-0.05, 0) is 23.8 Å². The molecule has 6 nitrogen and oxygen atoms in total. The summed E-state index contributed by atoms with van der Waals surface area (Å²) in [6.45, 7) is 0.174. The molecule has 7 heteroatoms. The molecule has 0 aliphatic rings. The molecule has 3 rings (SSSR count). The van der Waals surface area contributed by atoms with E-state index in [2.05, 4.69) is 14.7 Å². The van der Waals surface area contributed by atoms with E-state index >= 15 is 0 Å². The molecule has 22 heavy (non-hydrogen) atoms. The van der Waals surface area contributed by atoms with E-state index in [4.69, 9.17) is 0 Å². The van der Waals surface area contributed by atoms with Crippen LogP contribution in [0.15, 0.2) is 72.4 Å². The fourth-order valence-corrected chi connectivity index (χ4v) is 3.02. The smallest absolute Gasteiger partial charge is 0.258 e. The van der Waals surface area contributed by atoms with Gasteiger partial charge in [0.25, 0.3) is 10.0 Å². The summed E-state index contributed by atoms with van der Waals surface area (Å²) in [7, 11) is -3.63. The van der Waals surface area contributed by atoms with Crippen molar-refractivity contribution in [2.45, 2.75) is 11.6 Å². The number of sulfonamides is 1. The molecule has 0 saturated carbocycles. The molecule has 0 amide bonds. The summed E-state index contributed by atoms with van der Waals surface area (Å²) in [5.41, 5.74) is 1.73. The van der Waals surface area contributed by atoms with Crippen LogP contribution in [0.5, 0.6) is 0 Å². The van der Waals surface area contributed by atoms with E-state index in [-0.39, 0.29) is 11.6 Å². The zero-order valence-electron chi connectivity index (χ0n) is 11.6. The van der Waals surface area contributed by atoms with Gasteiger partial charge in [0.05, 0.1) is 12.0 Å². The molecule has 112 valence electrons. The van der Waals surface area contributed by atoms with Crippen LogP contribution in [0.3, 0.4) is 0 Å². The van der Waals surface area contributed by atoms with Crippen LogP contribution in [0.4, 0.5) is 0 Å². The molecule has 0 bridgehead atoms. The number of aromatic nitrogens is 3. The maximum Gasteiger partial charge on any atom is 0.258 e. The zero-order valence-corrected chi connectivity index (χ0v) is 12.4. The first-order chi connectivity index (χ1) is 10.7. The summed E-state index contributed by atoms with van der Waals surface area (Å²) in [6.07, 6.45) is 6.61. The topological polar surface area (TPSA) is 76.9 Å². The summed E-state index contributed by atoms with van der Waals surface area (Å²) in [5, 5.41) is 0.00936. The second-order valence-corrected chi connectivity index (χ2v) is 6.31. The maximum absolute atomic E-state index is 12.2. The Morgan fingerprint density at radius 3 is 2.59 bits per heavy atom. The lowest BCUT2D eigenvalue weighted by atomic mass is 10.2. The fraction of sp³-hybridized carbons (Fsp3) is 0.0667. The first kappa shape index (κ1) is 14.4. The van der Waals surface area contributed by atoms with Gasteiger partial charge in [0.15, 0.2) is 5.03 Å².